The largest absolute Gasteiger partial charge is 0.358 e. The fourth-order valence-corrected chi connectivity index (χ4v) is 2.58. The van der Waals surface area contributed by atoms with E-state index in [1.54, 1.807) is 0 Å². The average molecular weight is 391 g/mol. The zero-order valence-corrected chi connectivity index (χ0v) is 16.6. The molecule has 0 spiro atoms. The molecule has 138 valence electrons. The van der Waals surface area contributed by atoms with Crippen molar-refractivity contribution in [2.24, 2.45) is 0 Å². The molecule has 2 aromatic carbocycles. The number of carbonyl (C=O) groups is 1. The molecule has 2 aromatic rings. The van der Waals surface area contributed by atoms with Crippen molar-refractivity contribution in [3.63, 3.8) is 0 Å². The van der Waals surface area contributed by atoms with Crippen LogP contribution in [-0.4, -0.2) is 17.2 Å². The van der Waals surface area contributed by atoms with Crippen molar-refractivity contribution < 1.29 is 4.79 Å². The summed E-state index contributed by atoms with van der Waals surface area (Å²) < 4.78 is 0. The molecule has 2 rings (SSSR count). The van der Waals surface area contributed by atoms with Gasteiger partial charge in [0.1, 0.15) is 0 Å². The zero-order chi connectivity index (χ0) is 19.1. The minimum atomic E-state index is -0.215. The van der Waals surface area contributed by atoms with Crippen molar-refractivity contribution in [3.8, 4) is 0 Å². The van der Waals surface area contributed by atoms with Crippen LogP contribution in [0.1, 0.15) is 25.0 Å². The summed E-state index contributed by atoms with van der Waals surface area (Å²) in [5.41, 5.74) is 3.62. The topological polar surface area (TPSA) is 65.2 Å². The van der Waals surface area contributed by atoms with Crippen molar-refractivity contribution in [2.45, 2.75) is 33.4 Å². The fourth-order valence-electron chi connectivity index (χ4n) is 2.23. The van der Waals surface area contributed by atoms with Crippen molar-refractivity contribution >= 4 is 46.3 Å². The van der Waals surface area contributed by atoms with E-state index >= 15 is 0 Å². The number of nitrogens with one attached hydrogen (secondary N) is 4. The molecule has 5 nitrogen and oxygen atoms in total. The lowest BCUT2D eigenvalue weighted by atomic mass is 10.2. The minimum Gasteiger partial charge on any atom is -0.358 e. The van der Waals surface area contributed by atoms with E-state index in [1.165, 1.54) is 0 Å². The van der Waals surface area contributed by atoms with Gasteiger partial charge in [-0.05, 0) is 68.4 Å². The number of urea groups is 1. The number of benzene rings is 2. The van der Waals surface area contributed by atoms with Crippen LogP contribution in [0.25, 0.3) is 0 Å². The highest BCUT2D eigenvalue weighted by Gasteiger charge is 2.05. The number of carbonyl (C=O) groups excluding carboxylic acids is 1. The Kier molecular flexibility index (Phi) is 7.24. The molecule has 7 heteroatoms. The molecule has 0 heterocycles. The van der Waals surface area contributed by atoms with Gasteiger partial charge in [0, 0.05) is 29.0 Å². The predicted octanol–water partition coefficient (Wildman–Crippen LogP) is 4.66. The summed E-state index contributed by atoms with van der Waals surface area (Å²) >= 11 is 11.4. The third-order valence-electron chi connectivity index (χ3n) is 3.60. The number of amides is 2. The molecular weight excluding hydrogens is 368 g/mol. The lowest BCUT2D eigenvalue weighted by molar-refractivity contribution is 0.250. The van der Waals surface area contributed by atoms with E-state index in [0.717, 1.165) is 22.5 Å². The molecule has 0 unspecified atom stereocenters. The first-order valence-corrected chi connectivity index (χ1v) is 9.10. The predicted molar refractivity (Wildman–Crippen MR) is 113 cm³/mol. The molecule has 0 aromatic heterocycles. The van der Waals surface area contributed by atoms with Crippen LogP contribution >= 0.6 is 23.8 Å². The van der Waals surface area contributed by atoms with Crippen LogP contribution in [-0.2, 0) is 6.54 Å². The molecular formula is C19H23ClN4OS. The van der Waals surface area contributed by atoms with E-state index in [4.69, 9.17) is 23.8 Å². The Bertz CT molecular complexity index is 778. The van der Waals surface area contributed by atoms with E-state index in [-0.39, 0.29) is 12.1 Å². The summed E-state index contributed by atoms with van der Waals surface area (Å²) in [7, 11) is 0. The van der Waals surface area contributed by atoms with Gasteiger partial charge >= 0.3 is 6.03 Å². The number of thiocarbonyl (C=S) groups is 1. The summed E-state index contributed by atoms with van der Waals surface area (Å²) in [5.74, 6) is 0. The van der Waals surface area contributed by atoms with Gasteiger partial charge in [0.15, 0.2) is 5.11 Å². The van der Waals surface area contributed by atoms with Crippen LogP contribution in [0.2, 0.25) is 5.02 Å². The summed E-state index contributed by atoms with van der Waals surface area (Å²) in [6, 6.07) is 13.1. The maximum absolute atomic E-state index is 11.7. The van der Waals surface area contributed by atoms with E-state index in [0.29, 0.717) is 16.7 Å². The SMILES string of the molecule is Cc1c(Cl)cccc1NC(=S)NCc1ccc(NC(=O)NC(C)C)cc1. The van der Waals surface area contributed by atoms with Gasteiger partial charge in [-0.1, -0.05) is 29.8 Å². The van der Waals surface area contributed by atoms with Crippen LogP contribution in [0.4, 0.5) is 16.2 Å². The van der Waals surface area contributed by atoms with E-state index in [2.05, 4.69) is 21.3 Å². The van der Waals surface area contributed by atoms with Gasteiger partial charge in [-0.15, -0.1) is 0 Å². The summed E-state index contributed by atoms with van der Waals surface area (Å²) in [5, 5.41) is 13.1. The van der Waals surface area contributed by atoms with Gasteiger partial charge in [-0.3, -0.25) is 0 Å². The molecule has 0 aliphatic heterocycles. The van der Waals surface area contributed by atoms with Crippen LogP contribution < -0.4 is 21.3 Å². The van der Waals surface area contributed by atoms with Crippen LogP contribution in [0.5, 0.6) is 0 Å². The van der Waals surface area contributed by atoms with E-state index < -0.39 is 0 Å². The molecule has 0 saturated carbocycles. The lowest BCUT2D eigenvalue weighted by Gasteiger charge is -2.14. The molecule has 0 bridgehead atoms. The molecule has 0 aliphatic carbocycles. The van der Waals surface area contributed by atoms with Crippen LogP contribution in [0.15, 0.2) is 42.5 Å². The highest BCUT2D eigenvalue weighted by Crippen LogP contribution is 2.22. The maximum atomic E-state index is 11.7. The molecule has 0 saturated heterocycles. The number of hydrogen-bond donors (Lipinski definition) is 4. The Morgan fingerprint density at radius 1 is 1.12 bits per heavy atom. The van der Waals surface area contributed by atoms with Crippen molar-refractivity contribution in [2.75, 3.05) is 10.6 Å². The molecule has 0 aliphatic rings. The summed E-state index contributed by atoms with van der Waals surface area (Å²) in [6.45, 7) is 6.34. The Morgan fingerprint density at radius 3 is 2.46 bits per heavy atom. The third-order valence-corrected chi connectivity index (χ3v) is 4.26. The highest BCUT2D eigenvalue weighted by molar-refractivity contribution is 7.80. The second-order valence-corrected chi connectivity index (χ2v) is 6.99. The van der Waals surface area contributed by atoms with Gasteiger partial charge in [-0.25, -0.2) is 4.79 Å². The highest BCUT2D eigenvalue weighted by atomic mass is 35.5. The first-order valence-electron chi connectivity index (χ1n) is 8.31. The minimum absolute atomic E-state index is 0.0927. The lowest BCUT2D eigenvalue weighted by Crippen LogP contribution is -2.34. The van der Waals surface area contributed by atoms with E-state index in [1.807, 2.05) is 63.2 Å². The van der Waals surface area contributed by atoms with Gasteiger partial charge in [-0.2, -0.15) is 0 Å². The van der Waals surface area contributed by atoms with Crippen molar-refractivity contribution in [1.29, 1.82) is 0 Å². The summed E-state index contributed by atoms with van der Waals surface area (Å²) in [6.07, 6.45) is 0. The first-order chi connectivity index (χ1) is 12.3. The van der Waals surface area contributed by atoms with Crippen LogP contribution in [0, 0.1) is 6.92 Å². The Balaban J connectivity index is 1.84. The Hall–Kier alpha value is -2.31. The number of halogens is 1. The standard InChI is InChI=1S/C19H23ClN4OS/c1-12(2)22-18(25)23-15-9-7-14(8-10-15)11-21-19(26)24-17-6-4-5-16(20)13(17)3/h4-10,12H,11H2,1-3H3,(H2,21,24,26)(H2,22,23,25). The normalized spacial score (nSPS) is 10.3. The van der Waals surface area contributed by atoms with Gasteiger partial charge in [0.2, 0.25) is 0 Å². The Labute approximate surface area is 164 Å². The maximum Gasteiger partial charge on any atom is 0.319 e. The summed E-state index contributed by atoms with van der Waals surface area (Å²) in [4.78, 5) is 11.7. The second kappa shape index (κ2) is 9.40. The molecule has 0 fully saturated rings. The molecule has 0 atom stereocenters. The second-order valence-electron chi connectivity index (χ2n) is 6.17. The third kappa shape index (κ3) is 6.20. The molecule has 2 amide bonds. The van der Waals surface area contributed by atoms with Gasteiger partial charge < -0.3 is 21.3 Å². The molecule has 4 N–H and O–H groups in total. The number of hydrogen-bond acceptors (Lipinski definition) is 2. The van der Waals surface area contributed by atoms with Gasteiger partial charge in [0.25, 0.3) is 0 Å². The molecule has 0 radical (unpaired) electrons. The van der Waals surface area contributed by atoms with Crippen molar-refractivity contribution in [3.05, 3.63) is 58.6 Å². The fraction of sp³-hybridized carbons (Fsp3) is 0.263. The van der Waals surface area contributed by atoms with Crippen molar-refractivity contribution in [1.82, 2.24) is 10.6 Å². The van der Waals surface area contributed by atoms with E-state index in [9.17, 15) is 4.79 Å². The zero-order valence-electron chi connectivity index (χ0n) is 15.0. The van der Waals surface area contributed by atoms with Gasteiger partial charge in [0.05, 0.1) is 0 Å². The number of anilines is 2. The molecule has 26 heavy (non-hydrogen) atoms. The monoisotopic (exact) mass is 390 g/mol. The smallest absolute Gasteiger partial charge is 0.319 e. The Morgan fingerprint density at radius 2 is 1.81 bits per heavy atom. The first kappa shape index (κ1) is 20.0. The number of rotatable bonds is 5. The quantitative estimate of drug-likeness (QED) is 0.560. The average Bonchev–Trinajstić information content (AvgIpc) is 2.57. The van der Waals surface area contributed by atoms with Crippen LogP contribution in [0.3, 0.4) is 0 Å².